The van der Waals surface area contributed by atoms with Crippen LogP contribution in [0.25, 0.3) is 0 Å². The summed E-state index contributed by atoms with van der Waals surface area (Å²) >= 11 is 1.77. The second-order valence-electron chi connectivity index (χ2n) is 9.07. The lowest BCUT2D eigenvalue weighted by Gasteiger charge is -2.34. The predicted octanol–water partition coefficient (Wildman–Crippen LogP) is 6.75. The molecule has 0 spiro atoms. The number of nitrogens with zero attached hydrogens (tertiary/aromatic N) is 1. The van der Waals surface area contributed by atoms with E-state index in [9.17, 15) is 4.79 Å². The Morgan fingerprint density at radius 2 is 1.69 bits per heavy atom. The molecule has 0 bridgehead atoms. The number of thiophene rings is 1. The SMILES string of the molecule is CC(C)(C)C1CCc2c(C(=O)N(Cc3ccccc3)c3ccccc3)csc2C1. The Labute approximate surface area is 178 Å². The number of anilines is 1. The Bertz CT molecular complexity index is 969. The minimum Gasteiger partial charge on any atom is -0.304 e. The van der Waals surface area contributed by atoms with E-state index in [-0.39, 0.29) is 5.91 Å². The van der Waals surface area contributed by atoms with Crippen molar-refractivity contribution in [3.8, 4) is 0 Å². The molecule has 0 N–H and O–H groups in total. The predicted molar refractivity (Wildman–Crippen MR) is 123 cm³/mol. The van der Waals surface area contributed by atoms with E-state index < -0.39 is 0 Å². The van der Waals surface area contributed by atoms with E-state index in [1.807, 2.05) is 53.4 Å². The van der Waals surface area contributed by atoms with E-state index in [0.29, 0.717) is 17.9 Å². The highest BCUT2D eigenvalue weighted by Gasteiger charge is 2.32. The lowest BCUT2D eigenvalue weighted by molar-refractivity contribution is 0.0984. The number of hydrogen-bond acceptors (Lipinski definition) is 2. The molecule has 4 rings (SSSR count). The third-order valence-electron chi connectivity index (χ3n) is 6.11. The van der Waals surface area contributed by atoms with Gasteiger partial charge in [0.1, 0.15) is 0 Å². The second kappa shape index (κ2) is 8.16. The molecule has 0 saturated carbocycles. The minimum absolute atomic E-state index is 0.117. The smallest absolute Gasteiger partial charge is 0.259 e. The van der Waals surface area contributed by atoms with Gasteiger partial charge in [-0.1, -0.05) is 69.3 Å². The third kappa shape index (κ3) is 4.30. The number of carbonyl (C=O) groups is 1. The van der Waals surface area contributed by atoms with Gasteiger partial charge in [-0.3, -0.25) is 4.79 Å². The molecule has 1 amide bonds. The molecular formula is C26H29NOS. The van der Waals surface area contributed by atoms with Crippen LogP contribution in [0.4, 0.5) is 5.69 Å². The summed E-state index contributed by atoms with van der Waals surface area (Å²) in [6.45, 7) is 7.58. The summed E-state index contributed by atoms with van der Waals surface area (Å²) in [5, 5.41) is 2.10. The van der Waals surface area contributed by atoms with Gasteiger partial charge in [0.25, 0.3) is 5.91 Å². The summed E-state index contributed by atoms with van der Waals surface area (Å²) in [5.41, 5.74) is 4.59. The first-order valence-corrected chi connectivity index (χ1v) is 11.3. The molecule has 1 heterocycles. The molecule has 2 nitrogen and oxygen atoms in total. The fourth-order valence-electron chi connectivity index (χ4n) is 4.23. The van der Waals surface area contributed by atoms with Crippen LogP contribution in [0.1, 0.15) is 53.6 Å². The number of carbonyl (C=O) groups excluding carboxylic acids is 1. The van der Waals surface area contributed by atoms with Crippen LogP contribution in [0, 0.1) is 11.3 Å². The Hall–Kier alpha value is -2.39. The first-order valence-electron chi connectivity index (χ1n) is 10.4. The summed E-state index contributed by atoms with van der Waals surface area (Å²) in [6, 6.07) is 20.3. The summed E-state index contributed by atoms with van der Waals surface area (Å²) < 4.78 is 0. The third-order valence-corrected chi connectivity index (χ3v) is 7.16. The number of para-hydroxylation sites is 1. The first-order chi connectivity index (χ1) is 13.9. The van der Waals surface area contributed by atoms with Crippen molar-refractivity contribution in [2.75, 3.05) is 4.90 Å². The monoisotopic (exact) mass is 403 g/mol. The number of benzene rings is 2. The Kier molecular flexibility index (Phi) is 5.60. The molecule has 150 valence electrons. The Morgan fingerprint density at radius 1 is 1.03 bits per heavy atom. The van der Waals surface area contributed by atoms with Crippen molar-refractivity contribution in [1.29, 1.82) is 0 Å². The van der Waals surface area contributed by atoms with Crippen molar-refractivity contribution in [1.82, 2.24) is 0 Å². The van der Waals surface area contributed by atoms with Gasteiger partial charge in [0.05, 0.1) is 12.1 Å². The molecule has 3 aromatic rings. The van der Waals surface area contributed by atoms with Crippen LogP contribution in [-0.4, -0.2) is 5.91 Å². The van der Waals surface area contributed by atoms with Crippen molar-refractivity contribution in [2.45, 2.75) is 46.6 Å². The lowest BCUT2D eigenvalue weighted by Crippen LogP contribution is -2.32. The molecule has 3 heteroatoms. The van der Waals surface area contributed by atoms with Crippen LogP contribution in [0.5, 0.6) is 0 Å². The molecule has 2 aromatic carbocycles. The van der Waals surface area contributed by atoms with Gasteiger partial charge in [-0.15, -0.1) is 11.3 Å². The Balaban J connectivity index is 1.65. The molecule has 0 aliphatic heterocycles. The van der Waals surface area contributed by atoms with Crippen molar-refractivity contribution in [3.05, 3.63) is 87.6 Å². The number of amides is 1. The van der Waals surface area contributed by atoms with Gasteiger partial charge in [-0.25, -0.2) is 0 Å². The average molecular weight is 404 g/mol. The zero-order chi connectivity index (χ0) is 20.4. The van der Waals surface area contributed by atoms with Gasteiger partial charge < -0.3 is 4.90 Å². The van der Waals surface area contributed by atoms with Crippen LogP contribution in [-0.2, 0) is 19.4 Å². The summed E-state index contributed by atoms with van der Waals surface area (Å²) in [4.78, 5) is 17.0. The summed E-state index contributed by atoms with van der Waals surface area (Å²) in [7, 11) is 0. The number of fused-ring (bicyclic) bond motifs is 1. The quantitative estimate of drug-likeness (QED) is 0.472. The highest BCUT2D eigenvalue weighted by molar-refractivity contribution is 7.10. The van der Waals surface area contributed by atoms with E-state index in [1.165, 1.54) is 10.4 Å². The molecule has 0 saturated heterocycles. The number of rotatable bonds is 4. The van der Waals surface area contributed by atoms with E-state index in [4.69, 9.17) is 0 Å². The molecule has 1 aromatic heterocycles. The molecule has 0 radical (unpaired) electrons. The highest BCUT2D eigenvalue weighted by Crippen LogP contribution is 2.41. The van der Waals surface area contributed by atoms with E-state index in [2.05, 4.69) is 38.3 Å². The van der Waals surface area contributed by atoms with Crippen molar-refractivity contribution < 1.29 is 4.79 Å². The largest absolute Gasteiger partial charge is 0.304 e. The van der Waals surface area contributed by atoms with Gasteiger partial charge in [-0.05, 0) is 53.9 Å². The highest BCUT2D eigenvalue weighted by atomic mass is 32.1. The van der Waals surface area contributed by atoms with Crippen molar-refractivity contribution in [3.63, 3.8) is 0 Å². The molecule has 1 aliphatic carbocycles. The summed E-state index contributed by atoms with van der Waals surface area (Å²) in [6.07, 6.45) is 3.27. The summed E-state index contributed by atoms with van der Waals surface area (Å²) in [5.74, 6) is 0.804. The standard InChI is InChI=1S/C26H29NOS/c1-26(2,3)20-14-15-22-23(18-29-24(22)16-20)25(28)27(21-12-8-5-9-13-21)17-19-10-6-4-7-11-19/h4-13,18,20H,14-17H2,1-3H3. The fraction of sp³-hybridized carbons (Fsp3) is 0.346. The molecule has 29 heavy (non-hydrogen) atoms. The van der Waals surface area contributed by atoms with Crippen LogP contribution in [0.3, 0.4) is 0 Å². The fourth-order valence-corrected chi connectivity index (χ4v) is 5.39. The van der Waals surface area contributed by atoms with Crippen LogP contribution in [0.2, 0.25) is 0 Å². The maximum absolute atomic E-state index is 13.7. The maximum atomic E-state index is 13.7. The zero-order valence-electron chi connectivity index (χ0n) is 17.5. The maximum Gasteiger partial charge on any atom is 0.259 e. The van der Waals surface area contributed by atoms with Gasteiger partial charge in [-0.2, -0.15) is 0 Å². The van der Waals surface area contributed by atoms with Crippen LogP contribution < -0.4 is 4.90 Å². The number of hydrogen-bond donors (Lipinski definition) is 0. The second-order valence-corrected chi connectivity index (χ2v) is 10.0. The van der Waals surface area contributed by atoms with E-state index >= 15 is 0 Å². The molecule has 1 unspecified atom stereocenters. The molecule has 0 fully saturated rings. The van der Waals surface area contributed by atoms with E-state index in [1.54, 1.807) is 11.3 Å². The van der Waals surface area contributed by atoms with E-state index in [0.717, 1.165) is 36.1 Å². The molecule has 1 atom stereocenters. The normalized spacial score (nSPS) is 16.3. The average Bonchev–Trinajstić information content (AvgIpc) is 3.16. The zero-order valence-corrected chi connectivity index (χ0v) is 18.3. The Morgan fingerprint density at radius 3 is 2.34 bits per heavy atom. The van der Waals surface area contributed by atoms with Gasteiger partial charge >= 0.3 is 0 Å². The molecular weight excluding hydrogens is 374 g/mol. The van der Waals surface area contributed by atoms with Gasteiger partial charge in [0.2, 0.25) is 0 Å². The first kappa shape index (κ1) is 19.9. The van der Waals surface area contributed by atoms with Gasteiger partial charge in [0.15, 0.2) is 0 Å². The van der Waals surface area contributed by atoms with Crippen LogP contribution in [0.15, 0.2) is 66.0 Å². The van der Waals surface area contributed by atoms with Crippen molar-refractivity contribution >= 4 is 22.9 Å². The topological polar surface area (TPSA) is 20.3 Å². The van der Waals surface area contributed by atoms with Crippen LogP contribution >= 0.6 is 11.3 Å². The van der Waals surface area contributed by atoms with Crippen molar-refractivity contribution in [2.24, 2.45) is 11.3 Å². The minimum atomic E-state index is 0.117. The lowest BCUT2D eigenvalue weighted by atomic mass is 9.72. The van der Waals surface area contributed by atoms with Gasteiger partial charge in [0, 0.05) is 15.9 Å². The molecule has 1 aliphatic rings.